The molecule has 0 radical (unpaired) electrons. The van der Waals surface area contributed by atoms with Crippen molar-refractivity contribution in [3.8, 4) is 5.75 Å². The van der Waals surface area contributed by atoms with Gasteiger partial charge in [0.2, 0.25) is 5.91 Å². The molecular weight excluding hydrogens is 348 g/mol. The third-order valence-electron chi connectivity index (χ3n) is 6.33. The first kappa shape index (κ1) is 19.0. The fraction of sp³-hybridized carbons (Fsp3) is 0.458. The van der Waals surface area contributed by atoms with Crippen LogP contribution in [0.2, 0.25) is 0 Å². The maximum Gasteiger partial charge on any atom is 0.224 e. The van der Waals surface area contributed by atoms with Crippen LogP contribution in [0.1, 0.15) is 48.9 Å². The Morgan fingerprint density at radius 1 is 1.21 bits per heavy atom. The number of piperidine rings is 1. The van der Waals surface area contributed by atoms with Crippen molar-refractivity contribution in [3.05, 3.63) is 65.2 Å². The van der Waals surface area contributed by atoms with Crippen LogP contribution >= 0.6 is 0 Å². The fourth-order valence-corrected chi connectivity index (χ4v) is 4.41. The standard InChI is InChI=1S/C24H30N2O2/c1-17-4-3-5-19(14-17)16-28-21-8-6-20(7-9-21)18(2)26-23(27)22-15-24(22)10-12-25-13-11-24/h3-9,14,18,22,25H,10-13,15-16H2,1-2H3,(H,26,27). The topological polar surface area (TPSA) is 50.4 Å². The van der Waals surface area contributed by atoms with E-state index < -0.39 is 0 Å². The van der Waals surface area contributed by atoms with Crippen molar-refractivity contribution in [1.29, 1.82) is 0 Å². The minimum atomic E-state index is 0.0117. The molecular formula is C24H30N2O2. The molecule has 0 bridgehead atoms. The number of carbonyl (C=O) groups excluding carboxylic acids is 1. The Morgan fingerprint density at radius 2 is 1.96 bits per heavy atom. The highest BCUT2D eigenvalue weighted by atomic mass is 16.5. The molecule has 1 heterocycles. The van der Waals surface area contributed by atoms with E-state index >= 15 is 0 Å². The van der Waals surface area contributed by atoms with Gasteiger partial charge in [0.25, 0.3) is 0 Å². The van der Waals surface area contributed by atoms with E-state index in [-0.39, 0.29) is 23.3 Å². The number of nitrogens with one attached hydrogen (secondary N) is 2. The molecule has 1 spiro atoms. The van der Waals surface area contributed by atoms with E-state index in [1.165, 1.54) is 11.1 Å². The van der Waals surface area contributed by atoms with Crippen LogP contribution in [0.25, 0.3) is 0 Å². The zero-order valence-electron chi connectivity index (χ0n) is 16.8. The summed E-state index contributed by atoms with van der Waals surface area (Å²) in [7, 11) is 0. The van der Waals surface area contributed by atoms with Crippen molar-refractivity contribution in [3.63, 3.8) is 0 Å². The van der Waals surface area contributed by atoms with Gasteiger partial charge in [0.15, 0.2) is 0 Å². The predicted molar refractivity (Wildman–Crippen MR) is 111 cm³/mol. The number of hydrogen-bond acceptors (Lipinski definition) is 3. The second-order valence-electron chi connectivity index (χ2n) is 8.45. The molecule has 2 N–H and O–H groups in total. The highest BCUT2D eigenvalue weighted by molar-refractivity contribution is 5.83. The largest absolute Gasteiger partial charge is 0.489 e. The number of carbonyl (C=O) groups is 1. The van der Waals surface area contributed by atoms with Crippen LogP contribution in [-0.2, 0) is 11.4 Å². The van der Waals surface area contributed by atoms with E-state index in [1.807, 2.05) is 24.3 Å². The summed E-state index contributed by atoms with van der Waals surface area (Å²) in [6, 6.07) is 16.4. The zero-order chi connectivity index (χ0) is 19.6. The van der Waals surface area contributed by atoms with Crippen molar-refractivity contribution < 1.29 is 9.53 Å². The number of benzene rings is 2. The first-order valence-electron chi connectivity index (χ1n) is 10.4. The maximum absolute atomic E-state index is 12.7. The summed E-state index contributed by atoms with van der Waals surface area (Å²) in [6.45, 7) is 6.79. The minimum Gasteiger partial charge on any atom is -0.489 e. The van der Waals surface area contributed by atoms with Crippen molar-refractivity contribution in [2.45, 2.75) is 45.8 Å². The molecule has 2 aromatic carbocycles. The van der Waals surface area contributed by atoms with Crippen molar-refractivity contribution in [2.75, 3.05) is 13.1 Å². The predicted octanol–water partition coefficient (Wildman–Crippen LogP) is 4.14. The van der Waals surface area contributed by atoms with Crippen LogP contribution in [0.5, 0.6) is 5.75 Å². The van der Waals surface area contributed by atoms with Gasteiger partial charge >= 0.3 is 0 Å². The SMILES string of the molecule is Cc1cccc(COc2ccc(C(C)NC(=O)C3CC34CCNCC4)cc2)c1. The van der Waals surface area contributed by atoms with Gasteiger partial charge in [-0.1, -0.05) is 42.0 Å². The summed E-state index contributed by atoms with van der Waals surface area (Å²) >= 11 is 0. The van der Waals surface area contributed by atoms with Gasteiger partial charge in [0, 0.05) is 5.92 Å². The van der Waals surface area contributed by atoms with Gasteiger partial charge in [0.05, 0.1) is 6.04 Å². The molecule has 1 saturated heterocycles. The highest BCUT2D eigenvalue weighted by Crippen LogP contribution is 2.58. The Hall–Kier alpha value is -2.33. The summed E-state index contributed by atoms with van der Waals surface area (Å²) in [4.78, 5) is 12.7. The summed E-state index contributed by atoms with van der Waals surface area (Å²) in [6.07, 6.45) is 3.32. The lowest BCUT2D eigenvalue weighted by molar-refractivity contribution is -0.123. The Labute approximate surface area is 167 Å². The molecule has 1 saturated carbocycles. The smallest absolute Gasteiger partial charge is 0.224 e. The molecule has 1 aliphatic heterocycles. The molecule has 4 heteroatoms. The molecule has 1 aliphatic carbocycles. The van der Waals surface area contributed by atoms with Crippen molar-refractivity contribution in [2.24, 2.45) is 11.3 Å². The second-order valence-corrected chi connectivity index (χ2v) is 8.45. The second kappa shape index (κ2) is 7.96. The van der Waals surface area contributed by atoms with Crippen molar-refractivity contribution >= 4 is 5.91 Å². The normalized spacial score (nSPS) is 21.1. The van der Waals surface area contributed by atoms with Gasteiger partial charge in [-0.2, -0.15) is 0 Å². The Kier molecular flexibility index (Phi) is 5.40. The molecule has 0 aromatic heterocycles. The molecule has 28 heavy (non-hydrogen) atoms. The Balaban J connectivity index is 1.29. The third kappa shape index (κ3) is 4.22. The van der Waals surface area contributed by atoms with Gasteiger partial charge in [0.1, 0.15) is 12.4 Å². The molecule has 4 nitrogen and oxygen atoms in total. The van der Waals surface area contributed by atoms with Gasteiger partial charge in [-0.15, -0.1) is 0 Å². The summed E-state index contributed by atoms with van der Waals surface area (Å²) in [5.41, 5.74) is 3.79. The summed E-state index contributed by atoms with van der Waals surface area (Å²) < 4.78 is 5.89. The number of ether oxygens (including phenoxy) is 1. The summed E-state index contributed by atoms with van der Waals surface area (Å²) in [5.74, 6) is 1.27. The summed E-state index contributed by atoms with van der Waals surface area (Å²) in [5, 5.41) is 6.60. The van der Waals surface area contributed by atoms with Gasteiger partial charge < -0.3 is 15.4 Å². The van der Waals surface area contributed by atoms with Crippen LogP contribution in [0, 0.1) is 18.3 Å². The molecule has 2 unspecified atom stereocenters. The number of aryl methyl sites for hydroxylation is 1. The van der Waals surface area contributed by atoms with Crippen LogP contribution < -0.4 is 15.4 Å². The number of rotatable bonds is 6. The number of hydrogen-bond donors (Lipinski definition) is 2. The van der Waals surface area contributed by atoms with Gasteiger partial charge in [-0.25, -0.2) is 0 Å². The van der Waals surface area contributed by atoms with E-state index in [0.29, 0.717) is 6.61 Å². The zero-order valence-corrected chi connectivity index (χ0v) is 16.8. The van der Waals surface area contributed by atoms with Gasteiger partial charge in [-0.05, 0) is 74.9 Å². The lowest BCUT2D eigenvalue weighted by Crippen LogP contribution is -2.34. The lowest BCUT2D eigenvalue weighted by atomic mass is 9.91. The first-order chi connectivity index (χ1) is 13.6. The van der Waals surface area contributed by atoms with Crippen LogP contribution in [0.3, 0.4) is 0 Å². The Bertz CT molecular complexity index is 825. The Morgan fingerprint density at radius 3 is 2.68 bits per heavy atom. The van der Waals surface area contributed by atoms with E-state index in [9.17, 15) is 4.79 Å². The average molecular weight is 379 g/mol. The molecule has 4 rings (SSSR count). The van der Waals surface area contributed by atoms with Gasteiger partial charge in [-0.3, -0.25) is 4.79 Å². The minimum absolute atomic E-state index is 0.0117. The monoisotopic (exact) mass is 378 g/mol. The van der Waals surface area contributed by atoms with E-state index in [2.05, 4.69) is 48.7 Å². The van der Waals surface area contributed by atoms with Crippen LogP contribution in [-0.4, -0.2) is 19.0 Å². The quantitative estimate of drug-likeness (QED) is 0.794. The maximum atomic E-state index is 12.7. The highest BCUT2D eigenvalue weighted by Gasteiger charge is 2.57. The molecule has 2 aromatic rings. The molecule has 2 atom stereocenters. The number of amides is 1. The van der Waals surface area contributed by atoms with E-state index in [4.69, 9.17) is 4.74 Å². The molecule has 1 amide bonds. The molecule has 2 fully saturated rings. The van der Waals surface area contributed by atoms with Crippen molar-refractivity contribution in [1.82, 2.24) is 10.6 Å². The lowest BCUT2D eigenvalue weighted by Gasteiger charge is -2.24. The first-order valence-corrected chi connectivity index (χ1v) is 10.4. The third-order valence-corrected chi connectivity index (χ3v) is 6.33. The molecule has 2 aliphatic rings. The van der Waals surface area contributed by atoms with E-state index in [0.717, 1.165) is 43.7 Å². The van der Waals surface area contributed by atoms with Crippen LogP contribution in [0.15, 0.2) is 48.5 Å². The fourth-order valence-electron chi connectivity index (χ4n) is 4.41. The average Bonchev–Trinajstić information content (AvgIpc) is 3.40. The van der Waals surface area contributed by atoms with Crippen LogP contribution in [0.4, 0.5) is 0 Å². The van der Waals surface area contributed by atoms with E-state index in [1.54, 1.807) is 0 Å². The molecule has 148 valence electrons.